The highest BCUT2D eigenvalue weighted by Crippen LogP contribution is 2.22. The molecule has 1 saturated heterocycles. The second-order valence-corrected chi connectivity index (χ2v) is 7.22. The number of pyridine rings is 1. The van der Waals surface area contributed by atoms with Gasteiger partial charge in [-0.15, -0.1) is 11.3 Å². The van der Waals surface area contributed by atoms with Crippen molar-refractivity contribution in [3.05, 3.63) is 52.0 Å². The summed E-state index contributed by atoms with van der Waals surface area (Å²) >= 11 is 1.61. The Morgan fingerprint density at radius 3 is 3.00 bits per heavy atom. The van der Waals surface area contributed by atoms with E-state index in [0.717, 1.165) is 38.3 Å². The fourth-order valence-corrected chi connectivity index (χ4v) is 4.07. The first-order chi connectivity index (χ1) is 11.7. The highest BCUT2D eigenvalue weighted by molar-refractivity contribution is 7.10. The van der Waals surface area contributed by atoms with Crippen molar-refractivity contribution in [2.75, 3.05) is 13.1 Å². The summed E-state index contributed by atoms with van der Waals surface area (Å²) in [7, 11) is 0. The van der Waals surface area contributed by atoms with Gasteiger partial charge in [-0.3, -0.25) is 14.7 Å². The van der Waals surface area contributed by atoms with Gasteiger partial charge in [0, 0.05) is 35.6 Å². The quantitative estimate of drug-likeness (QED) is 0.844. The molecule has 0 aliphatic carbocycles. The lowest BCUT2D eigenvalue weighted by molar-refractivity contribution is 0.100. The van der Waals surface area contributed by atoms with Crippen molar-refractivity contribution < 1.29 is 4.79 Å². The third-order valence-corrected chi connectivity index (χ3v) is 5.37. The summed E-state index contributed by atoms with van der Waals surface area (Å²) in [4.78, 5) is 19.5. The van der Waals surface area contributed by atoms with Crippen LogP contribution in [0.3, 0.4) is 0 Å². The van der Waals surface area contributed by atoms with E-state index in [0.29, 0.717) is 11.6 Å². The molecule has 0 spiro atoms. The van der Waals surface area contributed by atoms with E-state index in [2.05, 4.69) is 21.3 Å². The lowest BCUT2D eigenvalue weighted by Crippen LogP contribution is -2.35. The molecule has 6 heteroatoms. The Bertz CT molecular complexity index is 650. The first-order valence-electron chi connectivity index (χ1n) is 8.44. The maximum atomic E-state index is 11.3. The Labute approximate surface area is 146 Å². The van der Waals surface area contributed by atoms with Gasteiger partial charge in [-0.05, 0) is 50.6 Å². The van der Waals surface area contributed by atoms with Gasteiger partial charge in [-0.1, -0.05) is 6.07 Å². The first kappa shape index (κ1) is 17.1. The number of hydrogen-bond donors (Lipinski definition) is 2. The van der Waals surface area contributed by atoms with E-state index in [9.17, 15) is 4.79 Å². The monoisotopic (exact) mass is 344 g/mol. The Morgan fingerprint density at radius 2 is 2.25 bits per heavy atom. The number of amides is 1. The number of nitrogens with one attached hydrogen (secondary N) is 1. The fourth-order valence-electron chi connectivity index (χ4n) is 3.17. The third-order valence-electron chi connectivity index (χ3n) is 4.45. The molecule has 1 aliphatic heterocycles. The molecule has 2 aromatic heterocycles. The first-order valence-corrected chi connectivity index (χ1v) is 9.32. The molecule has 5 nitrogen and oxygen atoms in total. The van der Waals surface area contributed by atoms with Crippen LogP contribution in [0.2, 0.25) is 0 Å². The SMILES string of the molecule is NC(=O)c1csc(CN(Cc2ccccn2)[C@@H]2CCCNCC2)c1. The number of rotatable bonds is 6. The molecular formula is C18H24N4OS. The number of hydrogen-bond acceptors (Lipinski definition) is 5. The molecule has 128 valence electrons. The van der Waals surface area contributed by atoms with E-state index in [-0.39, 0.29) is 5.91 Å². The van der Waals surface area contributed by atoms with Crippen molar-refractivity contribution >= 4 is 17.2 Å². The molecule has 1 atom stereocenters. The molecule has 3 N–H and O–H groups in total. The van der Waals surface area contributed by atoms with E-state index in [1.165, 1.54) is 17.7 Å². The maximum Gasteiger partial charge on any atom is 0.249 e. The minimum atomic E-state index is -0.354. The van der Waals surface area contributed by atoms with Crippen molar-refractivity contribution in [3.63, 3.8) is 0 Å². The predicted molar refractivity (Wildman–Crippen MR) is 96.8 cm³/mol. The van der Waals surface area contributed by atoms with E-state index < -0.39 is 0 Å². The predicted octanol–water partition coefficient (Wildman–Crippen LogP) is 2.39. The molecule has 1 fully saturated rings. The summed E-state index contributed by atoms with van der Waals surface area (Å²) in [6.45, 7) is 3.81. The molecule has 0 unspecified atom stereocenters. The van der Waals surface area contributed by atoms with E-state index in [1.807, 2.05) is 29.8 Å². The molecule has 1 aliphatic rings. The second kappa shape index (κ2) is 8.37. The lowest BCUT2D eigenvalue weighted by Gasteiger charge is -2.30. The van der Waals surface area contributed by atoms with E-state index >= 15 is 0 Å². The molecule has 1 amide bonds. The van der Waals surface area contributed by atoms with Crippen LogP contribution < -0.4 is 11.1 Å². The van der Waals surface area contributed by atoms with Crippen molar-refractivity contribution in [1.82, 2.24) is 15.2 Å². The van der Waals surface area contributed by atoms with Gasteiger partial charge in [-0.2, -0.15) is 0 Å². The Balaban J connectivity index is 1.76. The van der Waals surface area contributed by atoms with Crippen LogP contribution in [-0.2, 0) is 13.1 Å². The third kappa shape index (κ3) is 4.63. The van der Waals surface area contributed by atoms with Gasteiger partial charge in [0.1, 0.15) is 0 Å². The fraction of sp³-hybridized carbons (Fsp3) is 0.444. The van der Waals surface area contributed by atoms with Crippen LogP contribution in [0.5, 0.6) is 0 Å². The summed E-state index contributed by atoms with van der Waals surface area (Å²) in [6, 6.07) is 8.51. The highest BCUT2D eigenvalue weighted by atomic mass is 32.1. The molecule has 0 bridgehead atoms. The van der Waals surface area contributed by atoms with Gasteiger partial charge < -0.3 is 11.1 Å². The normalized spacial score (nSPS) is 18.5. The zero-order valence-electron chi connectivity index (χ0n) is 13.8. The standard InChI is InChI=1S/C18H24N4OS/c19-18(23)14-10-17(24-13-14)12-22(11-15-4-1-2-8-21-15)16-5-3-7-20-9-6-16/h1-2,4,8,10,13,16,20H,3,5-7,9,11-12H2,(H2,19,23)/t16-/m1/s1. The van der Waals surface area contributed by atoms with Gasteiger partial charge in [0.25, 0.3) is 0 Å². The largest absolute Gasteiger partial charge is 0.366 e. The average Bonchev–Trinajstić information content (AvgIpc) is 2.89. The van der Waals surface area contributed by atoms with Crippen LogP contribution in [0.25, 0.3) is 0 Å². The van der Waals surface area contributed by atoms with Gasteiger partial charge in [0.2, 0.25) is 5.91 Å². The number of nitrogens with zero attached hydrogens (tertiary/aromatic N) is 2. The molecule has 0 aromatic carbocycles. The topological polar surface area (TPSA) is 71.2 Å². The van der Waals surface area contributed by atoms with E-state index in [4.69, 9.17) is 5.73 Å². The van der Waals surface area contributed by atoms with Crippen LogP contribution in [0, 0.1) is 0 Å². The van der Waals surface area contributed by atoms with Crippen LogP contribution in [-0.4, -0.2) is 34.9 Å². The molecule has 2 aromatic rings. The van der Waals surface area contributed by atoms with Crippen LogP contribution in [0.1, 0.15) is 40.2 Å². The number of carbonyl (C=O) groups excluding carboxylic acids is 1. The van der Waals surface area contributed by atoms with Gasteiger partial charge >= 0.3 is 0 Å². The van der Waals surface area contributed by atoms with Crippen molar-refractivity contribution in [2.45, 2.75) is 38.4 Å². The number of thiophene rings is 1. The van der Waals surface area contributed by atoms with Crippen molar-refractivity contribution in [2.24, 2.45) is 5.73 Å². The second-order valence-electron chi connectivity index (χ2n) is 6.23. The summed E-state index contributed by atoms with van der Waals surface area (Å²) < 4.78 is 0. The summed E-state index contributed by atoms with van der Waals surface area (Å²) in [5, 5.41) is 5.33. The highest BCUT2D eigenvalue weighted by Gasteiger charge is 2.21. The number of carbonyl (C=O) groups is 1. The molecule has 24 heavy (non-hydrogen) atoms. The van der Waals surface area contributed by atoms with Crippen LogP contribution in [0.15, 0.2) is 35.8 Å². The molecule has 3 rings (SSSR count). The number of aromatic nitrogens is 1. The van der Waals surface area contributed by atoms with Crippen LogP contribution >= 0.6 is 11.3 Å². The molecule has 0 radical (unpaired) electrons. The number of primary amides is 1. The van der Waals surface area contributed by atoms with Gasteiger partial charge in [0.15, 0.2) is 0 Å². The van der Waals surface area contributed by atoms with Crippen LogP contribution in [0.4, 0.5) is 0 Å². The molecule has 3 heterocycles. The summed E-state index contributed by atoms with van der Waals surface area (Å²) in [5.41, 5.74) is 7.07. The Hall–Kier alpha value is -1.76. The van der Waals surface area contributed by atoms with Gasteiger partial charge in [-0.25, -0.2) is 0 Å². The summed E-state index contributed by atoms with van der Waals surface area (Å²) in [6.07, 6.45) is 5.37. The van der Waals surface area contributed by atoms with E-state index in [1.54, 1.807) is 11.3 Å². The van der Waals surface area contributed by atoms with Crippen molar-refractivity contribution in [3.8, 4) is 0 Å². The van der Waals surface area contributed by atoms with Gasteiger partial charge in [0.05, 0.1) is 11.3 Å². The smallest absolute Gasteiger partial charge is 0.249 e. The average molecular weight is 344 g/mol. The Morgan fingerprint density at radius 1 is 1.33 bits per heavy atom. The maximum absolute atomic E-state index is 11.3. The zero-order valence-corrected chi connectivity index (χ0v) is 14.6. The van der Waals surface area contributed by atoms with Crippen molar-refractivity contribution in [1.29, 1.82) is 0 Å². The minimum Gasteiger partial charge on any atom is -0.366 e. The molecular weight excluding hydrogens is 320 g/mol. The Kier molecular flexibility index (Phi) is 5.96. The zero-order chi connectivity index (χ0) is 16.8. The lowest BCUT2D eigenvalue weighted by atomic mass is 10.1. The minimum absolute atomic E-state index is 0.354. The summed E-state index contributed by atoms with van der Waals surface area (Å²) in [5.74, 6) is -0.354. The molecule has 0 saturated carbocycles. The number of nitrogens with two attached hydrogens (primary N) is 1.